The standard InChI is InChI=1S/C5H9NO3/c1-4(7)8-5-2-3-6-9-5/h5-6H,2-3H2,1H3. The van der Waals surface area contributed by atoms with E-state index in [2.05, 4.69) is 10.2 Å². The lowest BCUT2D eigenvalue weighted by molar-refractivity contribution is -0.175. The SMILES string of the molecule is CC(=O)OC1CCNO1. The maximum Gasteiger partial charge on any atom is 0.304 e. The second-order valence-electron chi connectivity index (χ2n) is 1.84. The molecule has 0 radical (unpaired) electrons. The smallest absolute Gasteiger partial charge is 0.304 e. The Hall–Kier alpha value is -0.610. The first-order valence-corrected chi connectivity index (χ1v) is 2.85. The van der Waals surface area contributed by atoms with Gasteiger partial charge in [-0.15, -0.1) is 0 Å². The lowest BCUT2D eigenvalue weighted by Gasteiger charge is -2.06. The fourth-order valence-electron chi connectivity index (χ4n) is 0.656. The molecule has 4 nitrogen and oxygen atoms in total. The molecule has 1 aliphatic rings. The van der Waals surface area contributed by atoms with Gasteiger partial charge < -0.3 is 4.74 Å². The van der Waals surface area contributed by atoms with Gasteiger partial charge in [0.05, 0.1) is 0 Å². The zero-order chi connectivity index (χ0) is 6.69. The van der Waals surface area contributed by atoms with E-state index in [4.69, 9.17) is 4.84 Å². The largest absolute Gasteiger partial charge is 0.434 e. The van der Waals surface area contributed by atoms with Gasteiger partial charge in [0.15, 0.2) is 0 Å². The molecule has 0 aliphatic carbocycles. The summed E-state index contributed by atoms with van der Waals surface area (Å²) in [5, 5.41) is 0. The van der Waals surface area contributed by atoms with E-state index in [-0.39, 0.29) is 12.3 Å². The third kappa shape index (κ3) is 1.99. The van der Waals surface area contributed by atoms with Crippen LogP contribution in [0.15, 0.2) is 0 Å². The van der Waals surface area contributed by atoms with Gasteiger partial charge >= 0.3 is 5.97 Å². The van der Waals surface area contributed by atoms with Gasteiger partial charge in [-0.25, -0.2) is 0 Å². The molecular formula is C5H9NO3. The zero-order valence-corrected chi connectivity index (χ0v) is 5.22. The molecule has 1 rings (SSSR count). The highest BCUT2D eigenvalue weighted by atomic mass is 16.8. The molecule has 1 fully saturated rings. The summed E-state index contributed by atoms with van der Waals surface area (Å²) < 4.78 is 4.69. The van der Waals surface area contributed by atoms with Gasteiger partial charge in [0.1, 0.15) is 0 Å². The molecule has 1 unspecified atom stereocenters. The molecule has 0 saturated carbocycles. The van der Waals surface area contributed by atoms with Gasteiger partial charge in [0.2, 0.25) is 6.29 Å². The summed E-state index contributed by atoms with van der Waals surface area (Å²) in [6, 6.07) is 0. The van der Waals surface area contributed by atoms with E-state index >= 15 is 0 Å². The predicted octanol–water partition coefficient (Wildman–Crippen LogP) is -0.199. The number of ether oxygens (including phenoxy) is 1. The number of carbonyl (C=O) groups excluding carboxylic acids is 1. The van der Waals surface area contributed by atoms with Gasteiger partial charge in [0, 0.05) is 19.9 Å². The third-order valence-electron chi connectivity index (χ3n) is 0.994. The van der Waals surface area contributed by atoms with Crippen LogP contribution in [0.3, 0.4) is 0 Å². The Morgan fingerprint density at radius 2 is 2.67 bits per heavy atom. The Morgan fingerprint density at radius 3 is 3.11 bits per heavy atom. The summed E-state index contributed by atoms with van der Waals surface area (Å²) >= 11 is 0. The van der Waals surface area contributed by atoms with Crippen LogP contribution < -0.4 is 5.48 Å². The first kappa shape index (κ1) is 6.51. The monoisotopic (exact) mass is 131 g/mol. The Bertz CT molecular complexity index is 109. The molecule has 0 aromatic heterocycles. The average molecular weight is 131 g/mol. The van der Waals surface area contributed by atoms with Crippen molar-refractivity contribution < 1.29 is 14.4 Å². The maximum atomic E-state index is 10.3. The fourth-order valence-corrected chi connectivity index (χ4v) is 0.656. The molecule has 1 N–H and O–H groups in total. The number of nitrogens with one attached hydrogen (secondary N) is 1. The van der Waals surface area contributed by atoms with Crippen LogP contribution in [0.5, 0.6) is 0 Å². The summed E-state index contributed by atoms with van der Waals surface area (Å²) in [5.74, 6) is -0.302. The van der Waals surface area contributed by atoms with Crippen molar-refractivity contribution in [1.82, 2.24) is 5.48 Å². The highest BCUT2D eigenvalue weighted by molar-refractivity contribution is 5.66. The van der Waals surface area contributed by atoms with Crippen molar-refractivity contribution in [2.45, 2.75) is 19.6 Å². The van der Waals surface area contributed by atoms with Crippen molar-refractivity contribution >= 4 is 5.97 Å². The minimum absolute atomic E-state index is 0.302. The molecule has 0 bridgehead atoms. The van der Waals surface area contributed by atoms with E-state index in [1.807, 2.05) is 0 Å². The number of carbonyl (C=O) groups is 1. The van der Waals surface area contributed by atoms with E-state index in [9.17, 15) is 4.79 Å². The number of esters is 1. The molecular weight excluding hydrogens is 122 g/mol. The van der Waals surface area contributed by atoms with Gasteiger partial charge in [-0.1, -0.05) is 0 Å². The Morgan fingerprint density at radius 1 is 1.89 bits per heavy atom. The molecule has 4 heteroatoms. The summed E-state index contributed by atoms with van der Waals surface area (Å²) in [5.41, 5.74) is 2.60. The van der Waals surface area contributed by atoms with Crippen LogP contribution in [-0.4, -0.2) is 18.8 Å². The van der Waals surface area contributed by atoms with E-state index in [0.717, 1.165) is 13.0 Å². The van der Waals surface area contributed by atoms with Crippen LogP contribution >= 0.6 is 0 Å². The summed E-state index contributed by atoms with van der Waals surface area (Å²) in [6.45, 7) is 2.11. The third-order valence-corrected chi connectivity index (χ3v) is 0.994. The first-order chi connectivity index (χ1) is 4.29. The lowest BCUT2D eigenvalue weighted by atomic mass is 10.4. The average Bonchev–Trinajstić information content (AvgIpc) is 2.15. The van der Waals surface area contributed by atoms with Crippen molar-refractivity contribution in [3.8, 4) is 0 Å². The molecule has 9 heavy (non-hydrogen) atoms. The summed E-state index contributed by atoms with van der Waals surface area (Å²) in [7, 11) is 0. The van der Waals surface area contributed by atoms with Crippen LogP contribution in [0.25, 0.3) is 0 Å². The number of hydroxylamine groups is 1. The minimum Gasteiger partial charge on any atom is -0.434 e. The molecule has 0 aromatic carbocycles. The van der Waals surface area contributed by atoms with Gasteiger partial charge in [-0.2, -0.15) is 5.48 Å². The van der Waals surface area contributed by atoms with Gasteiger partial charge in [-0.3, -0.25) is 9.63 Å². The van der Waals surface area contributed by atoms with Crippen molar-refractivity contribution in [2.24, 2.45) is 0 Å². The van der Waals surface area contributed by atoms with Crippen LogP contribution in [0.4, 0.5) is 0 Å². The molecule has 0 spiro atoms. The number of rotatable bonds is 1. The molecule has 0 amide bonds. The minimum atomic E-state index is -0.373. The number of hydrogen-bond donors (Lipinski definition) is 1. The quantitative estimate of drug-likeness (QED) is 0.501. The predicted molar refractivity (Wildman–Crippen MR) is 29.3 cm³/mol. The van der Waals surface area contributed by atoms with E-state index in [1.54, 1.807) is 0 Å². The zero-order valence-electron chi connectivity index (χ0n) is 5.22. The Balaban J connectivity index is 2.19. The molecule has 1 saturated heterocycles. The van der Waals surface area contributed by atoms with Crippen LogP contribution in [0, 0.1) is 0 Å². The molecule has 0 aromatic rings. The second-order valence-corrected chi connectivity index (χ2v) is 1.84. The van der Waals surface area contributed by atoms with Crippen molar-refractivity contribution in [3.05, 3.63) is 0 Å². The van der Waals surface area contributed by atoms with Gasteiger partial charge in [-0.05, 0) is 0 Å². The lowest BCUT2D eigenvalue weighted by Crippen LogP contribution is -2.16. The van der Waals surface area contributed by atoms with E-state index < -0.39 is 0 Å². The second kappa shape index (κ2) is 2.80. The molecule has 1 aliphatic heterocycles. The van der Waals surface area contributed by atoms with Crippen LogP contribution in [0.2, 0.25) is 0 Å². The Kier molecular flexibility index (Phi) is 2.02. The van der Waals surface area contributed by atoms with E-state index in [0.29, 0.717) is 0 Å². The highest BCUT2D eigenvalue weighted by Gasteiger charge is 2.17. The van der Waals surface area contributed by atoms with Crippen molar-refractivity contribution in [2.75, 3.05) is 6.54 Å². The molecule has 52 valence electrons. The molecule has 1 heterocycles. The van der Waals surface area contributed by atoms with Crippen molar-refractivity contribution in [1.29, 1.82) is 0 Å². The highest BCUT2D eigenvalue weighted by Crippen LogP contribution is 2.03. The van der Waals surface area contributed by atoms with Crippen LogP contribution in [0.1, 0.15) is 13.3 Å². The Labute approximate surface area is 53.1 Å². The maximum absolute atomic E-state index is 10.3. The van der Waals surface area contributed by atoms with Gasteiger partial charge in [0.25, 0.3) is 0 Å². The van der Waals surface area contributed by atoms with Crippen LogP contribution in [-0.2, 0) is 14.4 Å². The first-order valence-electron chi connectivity index (χ1n) is 2.85. The van der Waals surface area contributed by atoms with Crippen molar-refractivity contribution in [3.63, 3.8) is 0 Å². The summed E-state index contributed by atoms with van der Waals surface area (Å²) in [6.07, 6.45) is 0.363. The van der Waals surface area contributed by atoms with E-state index in [1.165, 1.54) is 6.92 Å². The normalized spacial score (nSPS) is 26.1. The molecule has 1 atom stereocenters. The summed E-state index contributed by atoms with van der Waals surface area (Å²) in [4.78, 5) is 15.0. The topological polar surface area (TPSA) is 47.6 Å². The number of hydrogen-bond acceptors (Lipinski definition) is 4. The fraction of sp³-hybridized carbons (Fsp3) is 0.800.